The van der Waals surface area contributed by atoms with Crippen LogP contribution in [0.5, 0.6) is 0 Å². The lowest BCUT2D eigenvalue weighted by Gasteiger charge is -2.54. The summed E-state index contributed by atoms with van der Waals surface area (Å²) < 4.78 is 37.6. The summed E-state index contributed by atoms with van der Waals surface area (Å²) in [7, 11) is 1.31. The van der Waals surface area contributed by atoms with E-state index >= 15 is 0 Å². The first-order valence-corrected chi connectivity index (χ1v) is 10.3. The number of esters is 1. The topological polar surface area (TPSA) is 55.8 Å². The Balaban J connectivity index is 1.53. The van der Waals surface area contributed by atoms with E-state index in [-0.39, 0.29) is 25.5 Å². The molecule has 1 aliphatic heterocycles. The Hall–Kier alpha value is -2.96. The van der Waals surface area contributed by atoms with Crippen molar-refractivity contribution in [3.05, 3.63) is 71.3 Å². The number of carbonyl (C=O) groups excluding carboxylic acids is 2. The van der Waals surface area contributed by atoms with Gasteiger partial charge in [-0.05, 0) is 41.5 Å². The highest BCUT2D eigenvalue weighted by atomic mass is 19.3. The van der Waals surface area contributed by atoms with Crippen molar-refractivity contribution < 1.29 is 27.8 Å². The minimum absolute atomic E-state index is 0.146. The Morgan fingerprint density at radius 3 is 2.35 bits per heavy atom. The van der Waals surface area contributed by atoms with E-state index in [1.54, 1.807) is 29.2 Å². The van der Waals surface area contributed by atoms with Crippen molar-refractivity contribution in [3.63, 3.8) is 0 Å². The molecule has 1 aliphatic carbocycles. The monoisotopic (exact) mass is 429 g/mol. The molecule has 31 heavy (non-hydrogen) atoms. The lowest BCUT2D eigenvalue weighted by atomic mass is 9.59. The first-order chi connectivity index (χ1) is 14.8. The third-order valence-corrected chi connectivity index (χ3v) is 6.31. The third-order valence-electron chi connectivity index (χ3n) is 6.31. The van der Waals surface area contributed by atoms with Gasteiger partial charge in [0.05, 0.1) is 18.7 Å². The van der Waals surface area contributed by atoms with Crippen LogP contribution in [0.25, 0.3) is 0 Å². The second-order valence-electron chi connectivity index (χ2n) is 8.53. The average molecular weight is 429 g/mol. The number of nitrogens with zero attached hydrogens (tertiary/aromatic N) is 1. The lowest BCUT2D eigenvalue weighted by molar-refractivity contribution is -0.183. The summed E-state index contributed by atoms with van der Waals surface area (Å²) in [4.78, 5) is 26.3. The van der Waals surface area contributed by atoms with Gasteiger partial charge in [-0.3, -0.25) is 0 Å². The van der Waals surface area contributed by atoms with E-state index in [2.05, 4.69) is 0 Å². The zero-order valence-electron chi connectivity index (χ0n) is 17.4. The standard InChI is InChI=1S/C24H25F2NO4/c1-30-21(28)19-9-7-18(8-10-19)20-13-23(15-24(25,26)16-23)11-12-27(20)22(29)31-14-17-5-3-2-4-6-17/h2-10,20H,11-16H2,1H3/t20-/m0/s1. The van der Waals surface area contributed by atoms with E-state index in [1.807, 2.05) is 30.3 Å². The number of piperidine rings is 1. The lowest BCUT2D eigenvalue weighted by Crippen LogP contribution is -2.54. The molecule has 0 radical (unpaired) electrons. The van der Waals surface area contributed by atoms with E-state index in [4.69, 9.17) is 9.47 Å². The van der Waals surface area contributed by atoms with Gasteiger partial charge in [0.25, 0.3) is 0 Å². The Labute approximate surface area is 179 Å². The van der Waals surface area contributed by atoms with E-state index < -0.39 is 23.4 Å². The van der Waals surface area contributed by atoms with Gasteiger partial charge in [-0.1, -0.05) is 42.5 Å². The van der Waals surface area contributed by atoms with Gasteiger partial charge in [0.2, 0.25) is 5.92 Å². The minimum atomic E-state index is -2.63. The van der Waals surface area contributed by atoms with Gasteiger partial charge < -0.3 is 14.4 Å². The van der Waals surface area contributed by atoms with Crippen LogP contribution in [0.1, 0.15) is 53.2 Å². The van der Waals surface area contributed by atoms with Crippen LogP contribution < -0.4 is 0 Å². The molecule has 1 heterocycles. The number of carbonyl (C=O) groups is 2. The SMILES string of the molecule is COC(=O)c1ccc([C@@H]2CC3(CCN2C(=O)OCc2ccccc2)CC(F)(F)C3)cc1. The molecular formula is C24H25F2NO4. The number of hydrogen-bond donors (Lipinski definition) is 0. The van der Waals surface area contributed by atoms with E-state index in [0.717, 1.165) is 11.1 Å². The largest absolute Gasteiger partial charge is 0.465 e. The number of alkyl halides is 2. The summed E-state index contributed by atoms with van der Waals surface area (Å²) in [6.45, 7) is 0.501. The fourth-order valence-electron chi connectivity index (χ4n) is 4.78. The average Bonchev–Trinajstić information content (AvgIpc) is 2.76. The van der Waals surface area contributed by atoms with Crippen LogP contribution in [-0.4, -0.2) is 36.5 Å². The summed E-state index contributed by atoms with van der Waals surface area (Å²) in [6.07, 6.45) is 0.208. The minimum Gasteiger partial charge on any atom is -0.465 e. The van der Waals surface area contributed by atoms with Gasteiger partial charge in [-0.2, -0.15) is 0 Å². The maximum Gasteiger partial charge on any atom is 0.410 e. The molecule has 0 unspecified atom stereocenters. The second-order valence-corrected chi connectivity index (χ2v) is 8.53. The van der Waals surface area contributed by atoms with Gasteiger partial charge in [0.1, 0.15) is 6.61 Å². The van der Waals surface area contributed by atoms with Crippen molar-refractivity contribution in [2.45, 2.75) is 44.3 Å². The summed E-state index contributed by atoms with van der Waals surface area (Å²) >= 11 is 0. The van der Waals surface area contributed by atoms with Crippen LogP contribution in [-0.2, 0) is 16.1 Å². The van der Waals surface area contributed by atoms with Crippen molar-refractivity contribution in [1.82, 2.24) is 4.90 Å². The number of rotatable bonds is 4. The van der Waals surface area contributed by atoms with Crippen LogP contribution in [0.15, 0.2) is 54.6 Å². The molecule has 0 aromatic heterocycles. The molecule has 2 fully saturated rings. The number of methoxy groups -OCH3 is 1. The van der Waals surface area contributed by atoms with E-state index in [0.29, 0.717) is 24.9 Å². The maximum absolute atomic E-state index is 13.7. The van der Waals surface area contributed by atoms with Crippen LogP contribution in [0.4, 0.5) is 13.6 Å². The first-order valence-electron chi connectivity index (χ1n) is 10.3. The molecule has 2 aromatic carbocycles. The Bertz CT molecular complexity index is 938. The van der Waals surface area contributed by atoms with E-state index in [1.165, 1.54) is 7.11 Å². The number of halogens is 2. The molecule has 2 aliphatic rings. The van der Waals surface area contributed by atoms with Gasteiger partial charge in [0.15, 0.2) is 0 Å². The summed E-state index contributed by atoms with van der Waals surface area (Å²) in [6, 6.07) is 15.8. The molecule has 0 N–H and O–H groups in total. The molecule has 1 amide bonds. The molecule has 0 bridgehead atoms. The van der Waals surface area contributed by atoms with E-state index in [9.17, 15) is 18.4 Å². The molecule has 2 aromatic rings. The molecular weight excluding hydrogens is 404 g/mol. The predicted octanol–water partition coefficient (Wildman–Crippen LogP) is 5.36. The highest BCUT2D eigenvalue weighted by Gasteiger charge is 2.59. The highest BCUT2D eigenvalue weighted by Crippen LogP contribution is 2.60. The summed E-state index contributed by atoms with van der Waals surface area (Å²) in [5, 5.41) is 0. The van der Waals surface area contributed by atoms with Gasteiger partial charge in [0, 0.05) is 19.4 Å². The smallest absolute Gasteiger partial charge is 0.410 e. The molecule has 164 valence electrons. The quantitative estimate of drug-likeness (QED) is 0.614. The zero-order chi connectivity index (χ0) is 22.1. The first kappa shape index (κ1) is 21.3. The Morgan fingerprint density at radius 1 is 1.06 bits per heavy atom. The number of benzene rings is 2. The normalized spacial score (nSPS) is 21.3. The maximum atomic E-state index is 13.7. The molecule has 1 atom stereocenters. The molecule has 1 saturated heterocycles. The third kappa shape index (κ3) is 4.55. The molecule has 7 heteroatoms. The van der Waals surface area contributed by atoms with Crippen LogP contribution in [0.3, 0.4) is 0 Å². The number of likely N-dealkylation sites (tertiary alicyclic amines) is 1. The van der Waals surface area contributed by atoms with Gasteiger partial charge in [-0.25, -0.2) is 18.4 Å². The van der Waals surface area contributed by atoms with Crippen molar-refractivity contribution in [1.29, 1.82) is 0 Å². The molecule has 1 spiro atoms. The number of amides is 1. The van der Waals surface area contributed by atoms with Crippen molar-refractivity contribution in [3.8, 4) is 0 Å². The Kier molecular flexibility index (Phi) is 5.69. The van der Waals surface area contributed by atoms with Crippen LogP contribution in [0, 0.1) is 5.41 Å². The van der Waals surface area contributed by atoms with Gasteiger partial charge >= 0.3 is 12.1 Å². The summed E-state index contributed by atoms with van der Waals surface area (Å²) in [5.41, 5.74) is 1.59. The fraction of sp³-hybridized carbons (Fsp3) is 0.417. The zero-order valence-corrected chi connectivity index (χ0v) is 17.4. The van der Waals surface area contributed by atoms with Crippen molar-refractivity contribution in [2.75, 3.05) is 13.7 Å². The highest BCUT2D eigenvalue weighted by molar-refractivity contribution is 5.89. The second kappa shape index (κ2) is 8.29. The fourth-order valence-corrected chi connectivity index (χ4v) is 4.78. The van der Waals surface area contributed by atoms with Crippen molar-refractivity contribution in [2.24, 2.45) is 5.41 Å². The van der Waals surface area contributed by atoms with Crippen LogP contribution >= 0.6 is 0 Å². The molecule has 4 rings (SSSR count). The molecule has 1 saturated carbocycles. The molecule has 5 nitrogen and oxygen atoms in total. The van der Waals surface area contributed by atoms with Crippen LogP contribution in [0.2, 0.25) is 0 Å². The Morgan fingerprint density at radius 2 is 1.74 bits per heavy atom. The number of ether oxygens (including phenoxy) is 2. The predicted molar refractivity (Wildman–Crippen MR) is 110 cm³/mol. The number of hydrogen-bond acceptors (Lipinski definition) is 4. The summed E-state index contributed by atoms with van der Waals surface area (Å²) in [5.74, 6) is -3.08. The van der Waals surface area contributed by atoms with Gasteiger partial charge in [-0.15, -0.1) is 0 Å². The van der Waals surface area contributed by atoms with Crippen molar-refractivity contribution >= 4 is 12.1 Å².